The van der Waals surface area contributed by atoms with Gasteiger partial charge >= 0.3 is 0 Å². The largest absolute Gasteiger partial charge is 0.330 e. The summed E-state index contributed by atoms with van der Waals surface area (Å²) in [6.07, 6.45) is 0.886. The van der Waals surface area contributed by atoms with Crippen molar-refractivity contribution >= 4 is 8.56 Å². The smallest absolute Gasteiger partial charge is 0.276 e. The summed E-state index contributed by atoms with van der Waals surface area (Å²) >= 11 is 0. The number of rotatable bonds is 6. The highest BCUT2D eigenvalue weighted by Crippen LogP contribution is 1.93. The Kier molecular flexibility index (Phi) is 5.65. The van der Waals surface area contributed by atoms with E-state index in [0.29, 0.717) is 19.6 Å². The van der Waals surface area contributed by atoms with Crippen LogP contribution in [0.4, 0.5) is 0 Å². The zero-order chi connectivity index (χ0) is 8.74. The Morgan fingerprint density at radius 2 is 1.73 bits per heavy atom. The van der Waals surface area contributed by atoms with Gasteiger partial charge in [-0.25, -0.2) is 0 Å². The number of hydrogen-bond donors (Lipinski definition) is 5. The highest BCUT2D eigenvalue weighted by atomic mass is 28.4. The third-order valence-electron chi connectivity index (χ3n) is 1.39. The molecule has 5 nitrogen and oxygen atoms in total. The van der Waals surface area contributed by atoms with Gasteiger partial charge in [-0.3, -0.25) is 0 Å². The minimum atomic E-state index is -2.16. The van der Waals surface area contributed by atoms with E-state index < -0.39 is 8.56 Å². The predicted molar refractivity (Wildman–Crippen MR) is 49.7 cm³/mol. The van der Waals surface area contributed by atoms with Crippen molar-refractivity contribution in [2.75, 3.05) is 19.6 Å². The first-order chi connectivity index (χ1) is 5.12. The molecule has 0 fully saturated rings. The van der Waals surface area contributed by atoms with Crippen molar-refractivity contribution in [3.8, 4) is 0 Å². The van der Waals surface area contributed by atoms with Gasteiger partial charge in [-0.1, -0.05) is 0 Å². The quantitative estimate of drug-likeness (QED) is 0.294. The fourth-order valence-corrected chi connectivity index (χ4v) is 2.36. The second kappa shape index (κ2) is 5.64. The Morgan fingerprint density at radius 1 is 1.09 bits per heavy atom. The molecule has 9 N–H and O–H groups in total. The number of hydrogen-bond acceptors (Lipinski definition) is 5. The molecule has 0 heterocycles. The lowest BCUT2D eigenvalue weighted by Crippen LogP contribution is -2.68. The van der Waals surface area contributed by atoms with Crippen LogP contribution in [0.2, 0.25) is 6.04 Å². The van der Waals surface area contributed by atoms with Crippen molar-refractivity contribution in [3.05, 3.63) is 0 Å². The lowest BCUT2D eigenvalue weighted by molar-refractivity contribution is 0.822. The molecule has 0 spiro atoms. The maximum atomic E-state index is 5.78. The molecule has 0 radical (unpaired) electrons. The molecule has 0 aliphatic rings. The fourth-order valence-electron chi connectivity index (χ4n) is 0.788. The van der Waals surface area contributed by atoms with Crippen LogP contribution >= 0.6 is 0 Å². The van der Waals surface area contributed by atoms with Crippen molar-refractivity contribution in [1.82, 2.24) is 4.98 Å². The highest BCUT2D eigenvalue weighted by Gasteiger charge is 2.21. The van der Waals surface area contributed by atoms with E-state index in [1.54, 1.807) is 0 Å². The van der Waals surface area contributed by atoms with E-state index in [2.05, 4.69) is 4.98 Å². The molecule has 11 heavy (non-hydrogen) atoms. The molecular formula is C5H19N5Si. The van der Waals surface area contributed by atoms with Crippen LogP contribution in [-0.2, 0) is 0 Å². The molecule has 0 bridgehead atoms. The minimum absolute atomic E-state index is 0.575. The molecule has 0 saturated heterocycles. The van der Waals surface area contributed by atoms with Crippen molar-refractivity contribution in [2.45, 2.75) is 12.5 Å². The van der Waals surface area contributed by atoms with Gasteiger partial charge in [-0.05, 0) is 19.0 Å². The SMILES string of the molecule is NCCC[Si](N)(N)NCCN. The van der Waals surface area contributed by atoms with E-state index in [9.17, 15) is 0 Å². The molecular weight excluding hydrogens is 158 g/mol. The van der Waals surface area contributed by atoms with Gasteiger partial charge in [-0.2, -0.15) is 0 Å². The summed E-state index contributed by atoms with van der Waals surface area (Å²) in [5.74, 6) is 0. The van der Waals surface area contributed by atoms with E-state index in [1.807, 2.05) is 0 Å². The molecule has 0 aromatic carbocycles. The van der Waals surface area contributed by atoms with Crippen LogP contribution in [0.25, 0.3) is 0 Å². The second-order valence-corrected chi connectivity index (χ2v) is 5.58. The van der Waals surface area contributed by atoms with Crippen molar-refractivity contribution in [3.63, 3.8) is 0 Å². The summed E-state index contributed by atoms with van der Waals surface area (Å²) in [6.45, 7) is 1.92. The van der Waals surface area contributed by atoms with Crippen LogP contribution < -0.4 is 27.2 Å². The fraction of sp³-hybridized carbons (Fsp3) is 1.00. The summed E-state index contributed by atoms with van der Waals surface area (Å²) in [5.41, 5.74) is 10.6. The normalized spacial score (nSPS) is 12.0. The summed E-state index contributed by atoms with van der Waals surface area (Å²) < 4.78 is 0. The monoisotopic (exact) mass is 177 g/mol. The lowest BCUT2D eigenvalue weighted by Gasteiger charge is -2.21. The van der Waals surface area contributed by atoms with Crippen molar-refractivity contribution in [2.24, 2.45) is 22.3 Å². The Bertz CT molecular complexity index is 86.9. The van der Waals surface area contributed by atoms with Gasteiger partial charge in [0, 0.05) is 13.1 Å². The van der Waals surface area contributed by atoms with Crippen LogP contribution in [0.1, 0.15) is 6.42 Å². The topological polar surface area (TPSA) is 116 Å². The first-order valence-corrected chi connectivity index (χ1v) is 6.21. The third-order valence-corrected chi connectivity index (χ3v) is 3.48. The van der Waals surface area contributed by atoms with Crippen LogP contribution in [0.3, 0.4) is 0 Å². The van der Waals surface area contributed by atoms with Gasteiger partial charge in [0.25, 0.3) is 8.56 Å². The molecule has 0 rings (SSSR count). The Balaban J connectivity index is 3.43. The van der Waals surface area contributed by atoms with Gasteiger partial charge in [0.05, 0.1) is 0 Å². The molecule has 0 aliphatic heterocycles. The summed E-state index contributed by atoms with van der Waals surface area (Å²) in [4.78, 5) is 3.06. The molecule has 0 aromatic rings. The molecule has 0 saturated carbocycles. The first-order valence-electron chi connectivity index (χ1n) is 3.85. The zero-order valence-electron chi connectivity index (χ0n) is 6.84. The van der Waals surface area contributed by atoms with Gasteiger partial charge in [-0.15, -0.1) is 0 Å². The Labute approximate surface area is 68.7 Å². The standard InChI is InChI=1S/C5H19N5Si/c6-2-1-5-11(8,9)10-4-3-7/h10H,1-9H2. The highest BCUT2D eigenvalue weighted by molar-refractivity contribution is 6.71. The van der Waals surface area contributed by atoms with E-state index in [4.69, 9.17) is 22.3 Å². The predicted octanol–water partition coefficient (Wildman–Crippen LogP) is -2.26. The molecule has 0 unspecified atom stereocenters. The van der Waals surface area contributed by atoms with Crippen molar-refractivity contribution < 1.29 is 0 Å². The molecule has 0 aliphatic carbocycles. The van der Waals surface area contributed by atoms with Crippen molar-refractivity contribution in [1.29, 1.82) is 0 Å². The molecule has 0 aromatic heterocycles. The van der Waals surface area contributed by atoms with E-state index in [-0.39, 0.29) is 0 Å². The minimum Gasteiger partial charge on any atom is -0.330 e. The lowest BCUT2D eigenvalue weighted by atomic mass is 10.5. The molecule has 0 amide bonds. The summed E-state index contributed by atoms with van der Waals surface area (Å²) in [7, 11) is -2.16. The van der Waals surface area contributed by atoms with Crippen LogP contribution in [0.5, 0.6) is 0 Å². The third kappa shape index (κ3) is 6.42. The van der Waals surface area contributed by atoms with Gasteiger partial charge in [0.15, 0.2) is 0 Å². The van der Waals surface area contributed by atoms with Gasteiger partial charge < -0.3 is 27.2 Å². The summed E-state index contributed by atoms with van der Waals surface area (Å²) in [6, 6.07) is 0.809. The maximum absolute atomic E-state index is 5.78. The van der Waals surface area contributed by atoms with Crippen LogP contribution in [0.15, 0.2) is 0 Å². The average Bonchev–Trinajstić information content (AvgIpc) is 1.97. The Morgan fingerprint density at radius 3 is 2.18 bits per heavy atom. The van der Waals surface area contributed by atoms with E-state index >= 15 is 0 Å². The van der Waals surface area contributed by atoms with Gasteiger partial charge in [0.2, 0.25) is 0 Å². The molecule has 6 heteroatoms. The van der Waals surface area contributed by atoms with E-state index in [1.165, 1.54) is 0 Å². The second-order valence-electron chi connectivity index (χ2n) is 2.65. The molecule has 68 valence electrons. The van der Waals surface area contributed by atoms with Crippen LogP contribution in [-0.4, -0.2) is 28.2 Å². The Hall–Kier alpha value is 0.0169. The van der Waals surface area contributed by atoms with Crippen LogP contribution in [0, 0.1) is 0 Å². The molecule has 0 atom stereocenters. The van der Waals surface area contributed by atoms with Gasteiger partial charge in [0.1, 0.15) is 0 Å². The average molecular weight is 177 g/mol. The zero-order valence-corrected chi connectivity index (χ0v) is 7.84. The number of nitrogens with two attached hydrogens (primary N) is 4. The summed E-state index contributed by atoms with van der Waals surface area (Å²) in [5, 5.41) is 11.6. The number of nitrogens with one attached hydrogen (secondary N) is 1. The first kappa shape index (κ1) is 11.0. The maximum Gasteiger partial charge on any atom is 0.276 e. The van der Waals surface area contributed by atoms with E-state index in [0.717, 1.165) is 12.5 Å².